The van der Waals surface area contributed by atoms with Crippen LogP contribution in [0.5, 0.6) is 0 Å². The lowest BCUT2D eigenvalue weighted by atomic mass is 9.94. The van der Waals surface area contributed by atoms with Crippen LogP contribution in [0.25, 0.3) is 0 Å². The zero-order valence-electron chi connectivity index (χ0n) is 21.7. The number of likely N-dealkylation sites (tertiary alicyclic amines) is 1. The third kappa shape index (κ3) is 5.84. The van der Waals surface area contributed by atoms with E-state index in [2.05, 4.69) is 5.32 Å². The van der Waals surface area contributed by atoms with Crippen molar-refractivity contribution in [2.45, 2.75) is 44.4 Å². The summed E-state index contributed by atoms with van der Waals surface area (Å²) in [7, 11) is 1.50. The van der Waals surface area contributed by atoms with Crippen LogP contribution in [-0.2, 0) is 19.2 Å². The minimum atomic E-state index is -1.42. The number of alkyl halides is 1. The van der Waals surface area contributed by atoms with Crippen molar-refractivity contribution in [1.82, 2.24) is 20.0 Å². The molecule has 2 heterocycles. The minimum absolute atomic E-state index is 0.0177. The second-order valence-corrected chi connectivity index (χ2v) is 10.2. The van der Waals surface area contributed by atoms with Crippen molar-refractivity contribution in [3.63, 3.8) is 0 Å². The first-order valence-electron chi connectivity index (χ1n) is 12.6. The summed E-state index contributed by atoms with van der Waals surface area (Å²) in [5.41, 5.74) is 1.77. The van der Waals surface area contributed by atoms with Crippen LogP contribution < -0.4 is 5.32 Å². The van der Waals surface area contributed by atoms with Gasteiger partial charge in [0.2, 0.25) is 23.6 Å². The maximum atomic E-state index is 14.9. The van der Waals surface area contributed by atoms with Crippen molar-refractivity contribution in [2.24, 2.45) is 0 Å². The van der Waals surface area contributed by atoms with Crippen molar-refractivity contribution >= 4 is 23.6 Å². The van der Waals surface area contributed by atoms with Crippen molar-refractivity contribution < 1.29 is 28.0 Å². The molecule has 0 aromatic heterocycles. The van der Waals surface area contributed by atoms with Gasteiger partial charge in [0.1, 0.15) is 31.1 Å². The van der Waals surface area contributed by atoms with Crippen molar-refractivity contribution in [1.29, 1.82) is 0 Å². The smallest absolute Gasteiger partial charge is 0.243 e. The molecular weight excluding hydrogens is 494 g/mol. The number of hydrogen-bond acceptors (Lipinski definition) is 4. The van der Waals surface area contributed by atoms with E-state index in [0.29, 0.717) is 16.7 Å². The molecule has 202 valence electrons. The predicted octanol–water partition coefficient (Wildman–Crippen LogP) is 2.39. The molecule has 2 saturated heterocycles. The van der Waals surface area contributed by atoms with E-state index in [4.69, 9.17) is 0 Å². The quantitative estimate of drug-likeness (QED) is 0.600. The molecule has 2 fully saturated rings. The first kappa shape index (κ1) is 27.2. The molecule has 4 rings (SSSR count). The molecule has 8 nitrogen and oxygen atoms in total. The summed E-state index contributed by atoms with van der Waals surface area (Å²) in [5, 5.41) is 2.89. The Morgan fingerprint density at radius 2 is 1.74 bits per heavy atom. The summed E-state index contributed by atoms with van der Waals surface area (Å²) in [5.74, 6) is -2.30. The Bertz CT molecular complexity index is 1220. The van der Waals surface area contributed by atoms with Gasteiger partial charge in [0.15, 0.2) is 0 Å². The predicted molar refractivity (Wildman–Crippen MR) is 136 cm³/mol. The summed E-state index contributed by atoms with van der Waals surface area (Å²) in [6.07, 6.45) is -1.62. The number of halogens is 2. The Balaban J connectivity index is 1.55. The topological polar surface area (TPSA) is 90.0 Å². The third-order valence-corrected chi connectivity index (χ3v) is 7.08. The van der Waals surface area contributed by atoms with E-state index < -0.39 is 42.5 Å². The Hall–Kier alpha value is -3.82. The number of rotatable bonds is 7. The largest absolute Gasteiger partial charge is 0.343 e. The fourth-order valence-corrected chi connectivity index (χ4v) is 4.90. The van der Waals surface area contributed by atoms with Crippen LogP contribution in [0.1, 0.15) is 48.9 Å². The van der Waals surface area contributed by atoms with Gasteiger partial charge in [-0.2, -0.15) is 0 Å². The molecule has 38 heavy (non-hydrogen) atoms. The summed E-state index contributed by atoms with van der Waals surface area (Å²) in [6.45, 7) is 2.67. The Labute approximate surface area is 220 Å². The average molecular weight is 527 g/mol. The summed E-state index contributed by atoms with van der Waals surface area (Å²) in [6, 6.07) is 12.0. The van der Waals surface area contributed by atoms with Gasteiger partial charge in [-0.1, -0.05) is 56.3 Å². The fraction of sp³-hybridized carbons (Fsp3) is 0.429. The first-order chi connectivity index (χ1) is 18.0. The molecule has 1 N–H and O–H groups in total. The van der Waals surface area contributed by atoms with Crippen LogP contribution in [0, 0.1) is 5.82 Å². The van der Waals surface area contributed by atoms with E-state index in [1.165, 1.54) is 18.0 Å². The molecule has 0 aliphatic carbocycles. The molecule has 0 bridgehead atoms. The molecule has 0 radical (unpaired) electrons. The second kappa shape index (κ2) is 11.3. The van der Waals surface area contributed by atoms with E-state index >= 15 is 0 Å². The number of carbonyl (C=O) groups is 4. The van der Waals surface area contributed by atoms with Gasteiger partial charge in [0.25, 0.3) is 0 Å². The van der Waals surface area contributed by atoms with Crippen LogP contribution in [-0.4, -0.2) is 83.8 Å². The molecule has 0 spiro atoms. The van der Waals surface area contributed by atoms with Gasteiger partial charge in [-0.3, -0.25) is 19.2 Å². The summed E-state index contributed by atoms with van der Waals surface area (Å²) in [4.78, 5) is 54.4. The number of nitrogens with one attached hydrogen (secondary N) is 1. The highest BCUT2D eigenvalue weighted by Crippen LogP contribution is 2.28. The number of piperazine rings is 1. The molecule has 2 aliphatic rings. The molecule has 2 aromatic carbocycles. The molecule has 3 unspecified atom stereocenters. The zero-order chi connectivity index (χ0) is 27.6. The fourth-order valence-electron chi connectivity index (χ4n) is 4.90. The minimum Gasteiger partial charge on any atom is -0.343 e. The third-order valence-electron chi connectivity index (χ3n) is 7.08. The molecular formula is C28H32F2N4O4. The van der Waals surface area contributed by atoms with Gasteiger partial charge in [0.05, 0.1) is 19.1 Å². The zero-order valence-corrected chi connectivity index (χ0v) is 21.7. The number of likely N-dealkylation sites (N-methyl/N-ethyl adjacent to an activating group) is 1. The molecule has 4 amide bonds. The van der Waals surface area contributed by atoms with Gasteiger partial charge < -0.3 is 20.0 Å². The van der Waals surface area contributed by atoms with E-state index in [0.717, 1.165) is 9.80 Å². The summed E-state index contributed by atoms with van der Waals surface area (Å²) < 4.78 is 29.4. The SMILES string of the molecule is CC(C)c1ccc(C(NC(=O)C2CC(F)CN2C(=O)CN2CC(=O)N(C)CC2=O)c2ccccc2)cc1F. The van der Waals surface area contributed by atoms with Crippen molar-refractivity contribution in [3.05, 3.63) is 71.0 Å². The molecule has 2 aromatic rings. The lowest BCUT2D eigenvalue weighted by molar-refractivity contribution is -0.152. The van der Waals surface area contributed by atoms with E-state index in [9.17, 15) is 28.0 Å². The highest BCUT2D eigenvalue weighted by atomic mass is 19.1. The van der Waals surface area contributed by atoms with Crippen LogP contribution >= 0.6 is 0 Å². The maximum Gasteiger partial charge on any atom is 0.243 e. The first-order valence-corrected chi connectivity index (χ1v) is 12.6. The summed E-state index contributed by atoms with van der Waals surface area (Å²) >= 11 is 0. The Morgan fingerprint density at radius 3 is 2.39 bits per heavy atom. The average Bonchev–Trinajstić information content (AvgIpc) is 3.28. The second-order valence-electron chi connectivity index (χ2n) is 10.2. The van der Waals surface area contributed by atoms with Gasteiger partial charge >= 0.3 is 0 Å². The van der Waals surface area contributed by atoms with Gasteiger partial charge in [-0.05, 0) is 28.7 Å². The highest BCUT2D eigenvalue weighted by molar-refractivity contribution is 5.96. The van der Waals surface area contributed by atoms with Gasteiger partial charge in [-0.15, -0.1) is 0 Å². The van der Waals surface area contributed by atoms with Crippen LogP contribution in [0.2, 0.25) is 0 Å². The monoisotopic (exact) mass is 526 g/mol. The van der Waals surface area contributed by atoms with E-state index in [-0.39, 0.29) is 43.7 Å². The number of amides is 4. The number of benzene rings is 2. The molecule has 0 saturated carbocycles. The number of carbonyl (C=O) groups excluding carboxylic acids is 4. The van der Waals surface area contributed by atoms with Crippen molar-refractivity contribution in [2.75, 3.05) is 33.2 Å². The lowest BCUT2D eigenvalue weighted by Crippen LogP contribution is -2.56. The number of hydrogen-bond donors (Lipinski definition) is 1. The van der Waals surface area contributed by atoms with E-state index in [1.54, 1.807) is 36.4 Å². The van der Waals surface area contributed by atoms with Crippen molar-refractivity contribution in [3.8, 4) is 0 Å². The number of nitrogens with zero attached hydrogens (tertiary/aromatic N) is 3. The van der Waals surface area contributed by atoms with Crippen LogP contribution in [0.4, 0.5) is 8.78 Å². The normalized spacial score (nSPS) is 20.7. The lowest BCUT2D eigenvalue weighted by Gasteiger charge is -2.33. The Kier molecular flexibility index (Phi) is 8.08. The molecule has 2 aliphatic heterocycles. The molecule has 3 atom stereocenters. The van der Waals surface area contributed by atoms with E-state index in [1.807, 2.05) is 19.9 Å². The maximum absolute atomic E-state index is 14.9. The van der Waals surface area contributed by atoms with Gasteiger partial charge in [0, 0.05) is 13.5 Å². The highest BCUT2D eigenvalue weighted by Gasteiger charge is 2.42. The van der Waals surface area contributed by atoms with Crippen LogP contribution in [0.15, 0.2) is 48.5 Å². The van der Waals surface area contributed by atoms with Crippen LogP contribution in [0.3, 0.4) is 0 Å². The molecule has 10 heteroatoms. The Morgan fingerprint density at radius 1 is 1.03 bits per heavy atom. The standard InChI is InChI=1S/C28H32F2N4O4/c1-17(2)21-10-9-19(11-22(21)30)27(18-7-5-4-6-8-18)31-28(38)23-12-20(29)13-34(23)26(37)16-33-15-24(35)32(3)14-25(33)36/h4-11,17,20,23,27H,12-16H2,1-3H3,(H,31,38). The van der Waals surface area contributed by atoms with Gasteiger partial charge in [-0.25, -0.2) is 8.78 Å².